The van der Waals surface area contributed by atoms with E-state index < -0.39 is 32.1 Å². The summed E-state index contributed by atoms with van der Waals surface area (Å²) < 4.78 is 27.8. The smallest absolute Gasteiger partial charge is 0.325 e. The maximum Gasteiger partial charge on any atom is 0.325 e. The molecule has 0 bridgehead atoms. The van der Waals surface area contributed by atoms with Crippen molar-refractivity contribution in [2.24, 2.45) is 5.92 Å². The fraction of sp³-hybridized carbons (Fsp3) is 0.353. The number of carbonyl (C=O) groups is 1. The molecule has 0 saturated carbocycles. The minimum Gasteiger partial charge on any atom is -0.326 e. The van der Waals surface area contributed by atoms with Gasteiger partial charge in [-0.3, -0.25) is 14.6 Å². The van der Waals surface area contributed by atoms with Crippen LogP contribution >= 0.6 is 15.9 Å². The normalized spacial score (nSPS) is 18.0. The zero-order chi connectivity index (χ0) is 20.5. The van der Waals surface area contributed by atoms with Crippen LogP contribution in [-0.4, -0.2) is 41.7 Å². The lowest BCUT2D eigenvalue weighted by molar-refractivity contribution is -0.120. The molecule has 0 aliphatic carbocycles. The number of carbonyl (C=O) groups excluding carboxylic acids is 1. The average Bonchev–Trinajstić information content (AvgIpc) is 2.60. The number of amides is 1. The number of benzene rings is 1. The lowest BCUT2D eigenvalue weighted by Crippen LogP contribution is -2.45. The van der Waals surface area contributed by atoms with Gasteiger partial charge in [0.25, 0.3) is 5.56 Å². The van der Waals surface area contributed by atoms with Crippen molar-refractivity contribution in [2.75, 3.05) is 18.4 Å². The summed E-state index contributed by atoms with van der Waals surface area (Å²) >= 11 is 3.33. The van der Waals surface area contributed by atoms with Crippen LogP contribution in [0.1, 0.15) is 18.5 Å². The molecule has 1 saturated heterocycles. The SMILES string of the molecule is Cc1[nH]c(=O)[nH]c(=O)c1S(=O)(=O)N1CCC[C@@H](C(=O)Nc2cccc(Br)c2)C1. The van der Waals surface area contributed by atoms with Gasteiger partial charge in [-0.1, -0.05) is 22.0 Å². The summed E-state index contributed by atoms with van der Waals surface area (Å²) in [5, 5.41) is 2.79. The monoisotopic (exact) mass is 470 g/mol. The number of hydrogen-bond donors (Lipinski definition) is 3. The van der Waals surface area contributed by atoms with Gasteiger partial charge in [-0.2, -0.15) is 4.31 Å². The first-order valence-corrected chi connectivity index (χ1v) is 10.8. The van der Waals surface area contributed by atoms with Gasteiger partial charge in [-0.25, -0.2) is 13.2 Å². The highest BCUT2D eigenvalue weighted by molar-refractivity contribution is 9.10. The van der Waals surface area contributed by atoms with Crippen molar-refractivity contribution in [2.45, 2.75) is 24.7 Å². The van der Waals surface area contributed by atoms with Crippen molar-refractivity contribution in [3.05, 3.63) is 55.3 Å². The minimum atomic E-state index is -4.15. The molecule has 150 valence electrons. The number of H-pyrrole nitrogens is 2. The second-order valence-electron chi connectivity index (χ2n) is 6.56. The molecule has 3 rings (SSSR count). The highest BCUT2D eigenvalue weighted by Gasteiger charge is 2.35. The first-order chi connectivity index (χ1) is 13.2. The number of sulfonamides is 1. The largest absolute Gasteiger partial charge is 0.326 e. The number of aryl methyl sites for hydroxylation is 1. The van der Waals surface area contributed by atoms with Gasteiger partial charge >= 0.3 is 5.69 Å². The van der Waals surface area contributed by atoms with Crippen LogP contribution in [0.5, 0.6) is 0 Å². The maximum absolute atomic E-state index is 13.0. The van der Waals surface area contributed by atoms with Crippen molar-refractivity contribution in [1.29, 1.82) is 0 Å². The topological polar surface area (TPSA) is 132 Å². The predicted octanol–water partition coefficient (Wildman–Crippen LogP) is 1.17. The Bertz CT molecular complexity index is 1120. The van der Waals surface area contributed by atoms with Crippen molar-refractivity contribution < 1.29 is 13.2 Å². The molecule has 3 N–H and O–H groups in total. The summed E-state index contributed by atoms with van der Waals surface area (Å²) in [6.07, 6.45) is 1.02. The third-order valence-electron chi connectivity index (χ3n) is 4.52. The van der Waals surface area contributed by atoms with Gasteiger partial charge in [-0.05, 0) is 38.0 Å². The van der Waals surface area contributed by atoms with Crippen molar-refractivity contribution in [3.63, 3.8) is 0 Å². The van der Waals surface area contributed by atoms with Crippen LogP contribution in [-0.2, 0) is 14.8 Å². The Morgan fingerprint density at radius 2 is 2.04 bits per heavy atom. The number of rotatable bonds is 4. The first-order valence-electron chi connectivity index (χ1n) is 8.58. The number of aromatic amines is 2. The Morgan fingerprint density at radius 1 is 1.29 bits per heavy atom. The summed E-state index contributed by atoms with van der Waals surface area (Å²) in [5.74, 6) is -0.838. The zero-order valence-electron chi connectivity index (χ0n) is 15.0. The Morgan fingerprint density at radius 3 is 2.71 bits per heavy atom. The molecule has 11 heteroatoms. The fourth-order valence-electron chi connectivity index (χ4n) is 3.21. The summed E-state index contributed by atoms with van der Waals surface area (Å²) in [4.78, 5) is 39.7. The number of hydrogen-bond acceptors (Lipinski definition) is 5. The molecule has 1 aliphatic heterocycles. The zero-order valence-corrected chi connectivity index (χ0v) is 17.4. The van der Waals surface area contributed by atoms with Crippen LogP contribution in [0.3, 0.4) is 0 Å². The third-order valence-corrected chi connectivity index (χ3v) is 7.03. The second kappa shape index (κ2) is 8.02. The maximum atomic E-state index is 13.0. The van der Waals surface area contributed by atoms with Gasteiger partial charge in [0.1, 0.15) is 0 Å². The van der Waals surface area contributed by atoms with Crippen LogP contribution < -0.4 is 16.6 Å². The fourth-order valence-corrected chi connectivity index (χ4v) is 5.34. The number of halogens is 1. The molecule has 1 aromatic heterocycles. The summed E-state index contributed by atoms with van der Waals surface area (Å²) in [7, 11) is -4.15. The van der Waals surface area contributed by atoms with E-state index in [0.29, 0.717) is 18.5 Å². The van der Waals surface area contributed by atoms with Crippen LogP contribution in [0, 0.1) is 12.8 Å². The molecule has 1 amide bonds. The molecular weight excluding hydrogens is 452 g/mol. The van der Waals surface area contributed by atoms with Crippen LogP contribution in [0.25, 0.3) is 0 Å². The Kier molecular flexibility index (Phi) is 5.87. The Hall–Kier alpha value is -2.24. The molecule has 1 aliphatic rings. The van der Waals surface area contributed by atoms with Gasteiger partial charge in [0.15, 0.2) is 4.90 Å². The van der Waals surface area contributed by atoms with E-state index in [2.05, 4.69) is 26.2 Å². The van der Waals surface area contributed by atoms with E-state index in [1.165, 1.54) is 6.92 Å². The second-order valence-corrected chi connectivity index (χ2v) is 9.35. The molecule has 9 nitrogen and oxygen atoms in total. The van der Waals surface area contributed by atoms with Crippen molar-refractivity contribution in [1.82, 2.24) is 14.3 Å². The number of nitrogens with zero attached hydrogens (tertiary/aromatic N) is 1. The van der Waals surface area contributed by atoms with Gasteiger partial charge in [-0.15, -0.1) is 0 Å². The molecular formula is C17H19BrN4O5S. The van der Waals surface area contributed by atoms with E-state index in [0.717, 1.165) is 8.78 Å². The molecule has 2 aromatic rings. The Balaban J connectivity index is 1.82. The van der Waals surface area contributed by atoms with Gasteiger partial charge < -0.3 is 10.3 Å². The Labute approximate surface area is 169 Å². The molecule has 2 heterocycles. The lowest BCUT2D eigenvalue weighted by Gasteiger charge is -2.31. The predicted molar refractivity (Wildman–Crippen MR) is 107 cm³/mol. The minimum absolute atomic E-state index is 0.0329. The standard InChI is InChI=1S/C17H19BrN4O5S/c1-10-14(16(24)21-17(25)19-10)28(26,27)22-7-3-4-11(9-22)15(23)20-13-6-2-5-12(18)8-13/h2,5-6,8,11H,3-4,7,9H2,1H3,(H,20,23)(H2,19,21,24,25)/t11-/m1/s1. The van der Waals surface area contributed by atoms with Crippen molar-refractivity contribution in [3.8, 4) is 0 Å². The summed E-state index contributed by atoms with van der Waals surface area (Å²) in [6.45, 7) is 1.51. The van der Waals surface area contributed by atoms with E-state index in [4.69, 9.17) is 0 Å². The number of aromatic nitrogens is 2. The van der Waals surface area contributed by atoms with Gasteiger partial charge in [0.2, 0.25) is 15.9 Å². The van der Waals surface area contributed by atoms with E-state index in [1.807, 2.05) is 11.1 Å². The average molecular weight is 471 g/mol. The molecule has 0 radical (unpaired) electrons. The highest BCUT2D eigenvalue weighted by atomic mass is 79.9. The van der Waals surface area contributed by atoms with E-state index in [-0.39, 0.29) is 24.7 Å². The molecule has 28 heavy (non-hydrogen) atoms. The molecule has 1 fully saturated rings. The van der Waals surface area contributed by atoms with E-state index >= 15 is 0 Å². The van der Waals surface area contributed by atoms with Gasteiger partial charge in [0.05, 0.1) is 5.92 Å². The number of piperidine rings is 1. The van der Waals surface area contributed by atoms with Crippen LogP contribution in [0.15, 0.2) is 43.2 Å². The van der Waals surface area contributed by atoms with Crippen LogP contribution in [0.2, 0.25) is 0 Å². The first kappa shape index (κ1) is 20.5. The number of anilines is 1. The molecule has 0 spiro atoms. The van der Waals surface area contributed by atoms with Crippen molar-refractivity contribution >= 4 is 37.5 Å². The highest BCUT2D eigenvalue weighted by Crippen LogP contribution is 2.24. The van der Waals surface area contributed by atoms with Gasteiger partial charge in [0, 0.05) is 28.9 Å². The van der Waals surface area contributed by atoms with E-state index in [1.54, 1.807) is 18.2 Å². The number of nitrogens with one attached hydrogen (secondary N) is 3. The molecule has 1 atom stereocenters. The molecule has 0 unspecified atom stereocenters. The summed E-state index contributed by atoms with van der Waals surface area (Å²) in [6, 6.07) is 7.10. The quantitative estimate of drug-likeness (QED) is 0.616. The molecule has 1 aromatic carbocycles. The third kappa shape index (κ3) is 4.26. The van der Waals surface area contributed by atoms with Crippen LogP contribution in [0.4, 0.5) is 5.69 Å². The summed E-state index contributed by atoms with van der Waals surface area (Å²) in [5.41, 5.74) is -1.17. The lowest BCUT2D eigenvalue weighted by atomic mass is 9.99. The van der Waals surface area contributed by atoms with E-state index in [9.17, 15) is 22.8 Å².